The van der Waals surface area contributed by atoms with Crippen LogP contribution in [-0.2, 0) is 9.84 Å². The van der Waals surface area contributed by atoms with Gasteiger partial charge in [-0.1, -0.05) is 19.8 Å². The lowest BCUT2D eigenvalue weighted by Crippen LogP contribution is -2.34. The molecule has 1 aliphatic carbocycles. The normalized spacial score (nSPS) is 27.9. The summed E-state index contributed by atoms with van der Waals surface area (Å²) in [6.45, 7) is 2.09. The van der Waals surface area contributed by atoms with Crippen LogP contribution in [0.4, 0.5) is 0 Å². The Morgan fingerprint density at radius 2 is 1.73 bits per heavy atom. The van der Waals surface area contributed by atoms with Crippen molar-refractivity contribution < 1.29 is 8.42 Å². The van der Waals surface area contributed by atoms with E-state index in [1.54, 1.807) is 0 Å². The third-order valence-electron chi connectivity index (χ3n) is 3.26. The first kappa shape index (κ1) is 13.0. The van der Waals surface area contributed by atoms with Crippen LogP contribution < -0.4 is 5.73 Å². The maximum Gasteiger partial charge on any atom is 0.153 e. The van der Waals surface area contributed by atoms with Gasteiger partial charge in [0.15, 0.2) is 9.84 Å². The van der Waals surface area contributed by atoms with Crippen molar-refractivity contribution in [3.8, 4) is 0 Å². The zero-order valence-corrected chi connectivity index (χ0v) is 10.4. The van der Waals surface area contributed by atoms with Crippen molar-refractivity contribution in [1.82, 2.24) is 0 Å². The standard InChI is InChI=1S/C11H23NO2S/c1-2-3-4-9-15(13,14)11-7-5-10(12)6-8-11/h10-11H,2-9,12H2,1H3. The molecule has 3 nitrogen and oxygen atoms in total. The zero-order chi connectivity index (χ0) is 11.3. The van der Waals surface area contributed by atoms with Crippen molar-refractivity contribution in [3.63, 3.8) is 0 Å². The molecule has 1 saturated carbocycles. The van der Waals surface area contributed by atoms with Crippen LogP contribution in [0.2, 0.25) is 0 Å². The molecule has 0 bridgehead atoms. The molecule has 0 aromatic carbocycles. The number of sulfone groups is 1. The topological polar surface area (TPSA) is 60.2 Å². The minimum Gasteiger partial charge on any atom is -0.328 e. The molecule has 90 valence electrons. The zero-order valence-electron chi connectivity index (χ0n) is 9.61. The van der Waals surface area contributed by atoms with Gasteiger partial charge in [-0.15, -0.1) is 0 Å². The van der Waals surface area contributed by atoms with Crippen LogP contribution in [0, 0.1) is 0 Å². The van der Waals surface area contributed by atoms with Gasteiger partial charge in [0.05, 0.1) is 11.0 Å². The molecule has 0 amide bonds. The van der Waals surface area contributed by atoms with Crippen LogP contribution >= 0.6 is 0 Å². The Morgan fingerprint density at radius 1 is 1.13 bits per heavy atom. The predicted molar refractivity (Wildman–Crippen MR) is 63.5 cm³/mol. The molecular weight excluding hydrogens is 210 g/mol. The Labute approximate surface area is 93.3 Å². The second-order valence-corrected chi connectivity index (χ2v) is 7.01. The Balaban J connectivity index is 2.40. The highest BCUT2D eigenvalue weighted by Crippen LogP contribution is 2.24. The summed E-state index contributed by atoms with van der Waals surface area (Å²) < 4.78 is 23.9. The number of hydrogen-bond acceptors (Lipinski definition) is 3. The van der Waals surface area contributed by atoms with E-state index in [4.69, 9.17) is 5.73 Å². The SMILES string of the molecule is CCCCCS(=O)(=O)C1CCC(N)CC1. The summed E-state index contributed by atoms with van der Waals surface area (Å²) >= 11 is 0. The van der Waals surface area contributed by atoms with Crippen LogP contribution in [-0.4, -0.2) is 25.5 Å². The minimum absolute atomic E-state index is 0.103. The first-order chi connectivity index (χ1) is 7.06. The fourth-order valence-electron chi connectivity index (χ4n) is 2.17. The largest absolute Gasteiger partial charge is 0.328 e. The van der Waals surface area contributed by atoms with Crippen molar-refractivity contribution in [2.24, 2.45) is 5.73 Å². The predicted octanol–water partition coefficient (Wildman–Crippen LogP) is 1.86. The smallest absolute Gasteiger partial charge is 0.153 e. The van der Waals surface area contributed by atoms with Crippen LogP contribution in [0.15, 0.2) is 0 Å². The van der Waals surface area contributed by atoms with Crippen LogP contribution in [0.5, 0.6) is 0 Å². The third kappa shape index (κ3) is 4.11. The van der Waals surface area contributed by atoms with E-state index in [1.807, 2.05) is 0 Å². The van der Waals surface area contributed by atoms with E-state index in [2.05, 4.69) is 6.92 Å². The Hall–Kier alpha value is -0.0900. The van der Waals surface area contributed by atoms with Gasteiger partial charge in [0.25, 0.3) is 0 Å². The maximum absolute atomic E-state index is 11.9. The highest BCUT2D eigenvalue weighted by atomic mass is 32.2. The summed E-state index contributed by atoms with van der Waals surface area (Å²) in [5.41, 5.74) is 5.77. The van der Waals surface area contributed by atoms with E-state index >= 15 is 0 Å². The first-order valence-corrected chi connectivity index (χ1v) is 7.75. The molecule has 0 saturated heterocycles. The van der Waals surface area contributed by atoms with E-state index in [0.717, 1.165) is 44.9 Å². The highest BCUT2D eigenvalue weighted by molar-refractivity contribution is 7.92. The molecule has 1 aliphatic rings. The Kier molecular flexibility index (Phi) is 5.06. The van der Waals surface area contributed by atoms with Gasteiger partial charge >= 0.3 is 0 Å². The summed E-state index contributed by atoms with van der Waals surface area (Å²) in [6.07, 6.45) is 6.21. The number of unbranched alkanes of at least 4 members (excludes halogenated alkanes) is 2. The second kappa shape index (κ2) is 5.85. The monoisotopic (exact) mass is 233 g/mol. The fraction of sp³-hybridized carbons (Fsp3) is 1.00. The molecule has 0 atom stereocenters. The molecule has 4 heteroatoms. The van der Waals surface area contributed by atoms with Crippen LogP contribution in [0.25, 0.3) is 0 Å². The van der Waals surface area contributed by atoms with E-state index in [1.165, 1.54) is 0 Å². The number of hydrogen-bond donors (Lipinski definition) is 1. The lowest BCUT2D eigenvalue weighted by molar-refractivity contribution is 0.433. The molecule has 0 aromatic rings. The Morgan fingerprint density at radius 3 is 2.27 bits per heavy atom. The molecule has 2 N–H and O–H groups in total. The van der Waals surface area contributed by atoms with Crippen molar-refractivity contribution in [3.05, 3.63) is 0 Å². The summed E-state index contributed by atoms with van der Waals surface area (Å²) in [5, 5.41) is -0.103. The van der Waals surface area contributed by atoms with E-state index in [-0.39, 0.29) is 11.3 Å². The summed E-state index contributed by atoms with van der Waals surface area (Å²) in [7, 11) is -2.83. The molecule has 0 aliphatic heterocycles. The molecule has 0 aromatic heterocycles. The minimum atomic E-state index is -2.83. The molecular formula is C11H23NO2S. The van der Waals surface area contributed by atoms with Crippen LogP contribution in [0.3, 0.4) is 0 Å². The first-order valence-electron chi connectivity index (χ1n) is 6.03. The van der Waals surface area contributed by atoms with Gasteiger partial charge in [-0.25, -0.2) is 8.42 Å². The Bertz CT molecular complexity index is 266. The molecule has 1 rings (SSSR count). The van der Waals surface area contributed by atoms with Gasteiger partial charge in [0, 0.05) is 6.04 Å². The third-order valence-corrected chi connectivity index (χ3v) is 5.60. The quantitative estimate of drug-likeness (QED) is 0.737. The lowest BCUT2D eigenvalue weighted by Gasteiger charge is -2.25. The number of rotatable bonds is 5. The average molecular weight is 233 g/mol. The fourth-order valence-corrected chi connectivity index (χ4v) is 4.10. The van der Waals surface area contributed by atoms with Gasteiger partial charge in [-0.3, -0.25) is 0 Å². The van der Waals surface area contributed by atoms with E-state index < -0.39 is 9.84 Å². The molecule has 1 fully saturated rings. The summed E-state index contributed by atoms with van der Waals surface area (Å²) in [6, 6.07) is 0.229. The van der Waals surface area contributed by atoms with E-state index in [0.29, 0.717) is 5.75 Å². The maximum atomic E-state index is 11.9. The van der Waals surface area contributed by atoms with Crippen molar-refractivity contribution >= 4 is 9.84 Å². The summed E-state index contributed by atoms with van der Waals surface area (Å²) in [5.74, 6) is 0.376. The van der Waals surface area contributed by atoms with Gasteiger partial charge in [0.1, 0.15) is 0 Å². The lowest BCUT2D eigenvalue weighted by atomic mass is 9.96. The molecule has 15 heavy (non-hydrogen) atoms. The van der Waals surface area contributed by atoms with E-state index in [9.17, 15) is 8.42 Å². The molecule has 0 spiro atoms. The van der Waals surface area contributed by atoms with Crippen molar-refractivity contribution in [2.75, 3.05) is 5.75 Å². The van der Waals surface area contributed by atoms with Crippen molar-refractivity contribution in [1.29, 1.82) is 0 Å². The van der Waals surface area contributed by atoms with Gasteiger partial charge < -0.3 is 5.73 Å². The number of nitrogens with two attached hydrogens (primary N) is 1. The molecule has 0 radical (unpaired) electrons. The van der Waals surface area contributed by atoms with Crippen molar-refractivity contribution in [2.45, 2.75) is 63.2 Å². The highest BCUT2D eigenvalue weighted by Gasteiger charge is 2.28. The average Bonchev–Trinajstić information content (AvgIpc) is 2.18. The van der Waals surface area contributed by atoms with Crippen LogP contribution in [0.1, 0.15) is 51.9 Å². The van der Waals surface area contributed by atoms with Gasteiger partial charge in [-0.2, -0.15) is 0 Å². The molecule has 0 unspecified atom stereocenters. The summed E-state index contributed by atoms with van der Waals surface area (Å²) in [4.78, 5) is 0. The van der Waals surface area contributed by atoms with Gasteiger partial charge in [-0.05, 0) is 32.1 Å². The second-order valence-electron chi connectivity index (χ2n) is 4.61. The molecule has 0 heterocycles. The van der Waals surface area contributed by atoms with Gasteiger partial charge in [0.2, 0.25) is 0 Å².